The molecule has 0 bridgehead atoms. The first-order valence-electron chi connectivity index (χ1n) is 21.1. The van der Waals surface area contributed by atoms with Crippen LogP contribution in [0.3, 0.4) is 0 Å². The minimum absolute atomic E-state index is 0.301. The number of para-hydroxylation sites is 2. The second-order valence-electron chi connectivity index (χ2n) is 15.3. The van der Waals surface area contributed by atoms with Crippen LogP contribution < -0.4 is 5.73 Å². The van der Waals surface area contributed by atoms with E-state index in [2.05, 4.69) is 140 Å². The molecule has 5 nitrogen and oxygen atoms in total. The van der Waals surface area contributed by atoms with Crippen LogP contribution in [0.5, 0.6) is 0 Å². The number of furan rings is 2. The number of allylic oxidation sites excluding steroid dienone is 12. The van der Waals surface area contributed by atoms with Crippen LogP contribution in [0.2, 0.25) is 0 Å². The monoisotopic (exact) mass is 817 g/mol. The quantitative estimate of drug-likeness (QED) is 0.0716. The van der Waals surface area contributed by atoms with Crippen LogP contribution in [-0.2, 0) is 0 Å². The standard InChI is InChI=1S/C58H47N3O2/c1-6-20-39(8-3)30-32-49(42-24-14-11-15-25-42)60-58(59)38(5)34-46(41-22-12-10-13-23-41)52(35-40(9-4)21-7-2)61-50-28-18-16-27-45(50)56-51(61)33-31-44-48-36-47-43-26-17-19-29-53(43)62-54(47)37-55(48)63-57(44)56/h6-29,31-37H,1,3,5,30H2,2,4H3,(H2,59,60)/b21-7-,39-20+,40-9+,46-34-,49-32-,52-35-. The van der Waals surface area contributed by atoms with Gasteiger partial charge in [-0.1, -0.05) is 159 Å². The van der Waals surface area contributed by atoms with Crippen molar-refractivity contribution >= 4 is 88.5 Å². The third-order valence-electron chi connectivity index (χ3n) is 11.5. The lowest BCUT2D eigenvalue weighted by Crippen LogP contribution is -2.14. The number of amidine groups is 1. The van der Waals surface area contributed by atoms with E-state index in [-0.39, 0.29) is 0 Å². The van der Waals surface area contributed by atoms with Crippen LogP contribution in [0, 0.1) is 0 Å². The van der Waals surface area contributed by atoms with E-state index in [4.69, 9.17) is 19.6 Å². The molecule has 0 amide bonds. The Morgan fingerprint density at radius 1 is 0.683 bits per heavy atom. The van der Waals surface area contributed by atoms with Gasteiger partial charge >= 0.3 is 0 Å². The number of aliphatic imine (C=N–C) groups is 1. The summed E-state index contributed by atoms with van der Waals surface area (Å²) in [5.41, 5.74) is 19.4. The highest BCUT2D eigenvalue weighted by Crippen LogP contribution is 2.44. The average molecular weight is 818 g/mol. The summed E-state index contributed by atoms with van der Waals surface area (Å²) in [5.74, 6) is 0.301. The summed E-state index contributed by atoms with van der Waals surface area (Å²) in [6.07, 6.45) is 18.8. The topological polar surface area (TPSA) is 69.6 Å². The Morgan fingerprint density at radius 2 is 1.37 bits per heavy atom. The molecule has 0 saturated heterocycles. The van der Waals surface area contributed by atoms with E-state index >= 15 is 0 Å². The molecule has 3 heterocycles. The van der Waals surface area contributed by atoms with Crippen molar-refractivity contribution < 1.29 is 8.83 Å². The molecule has 2 N–H and O–H groups in total. The smallest absolute Gasteiger partial charge is 0.145 e. The first-order valence-corrected chi connectivity index (χ1v) is 21.1. The predicted octanol–water partition coefficient (Wildman–Crippen LogP) is 15.7. The summed E-state index contributed by atoms with van der Waals surface area (Å²) in [6, 6.07) is 45.7. The van der Waals surface area contributed by atoms with Crippen molar-refractivity contribution in [2.24, 2.45) is 10.7 Å². The van der Waals surface area contributed by atoms with Gasteiger partial charge in [0.25, 0.3) is 0 Å². The Labute approximate surface area is 367 Å². The fourth-order valence-electron chi connectivity index (χ4n) is 8.40. The molecule has 0 atom stereocenters. The highest BCUT2D eigenvalue weighted by atomic mass is 16.3. The van der Waals surface area contributed by atoms with Crippen molar-refractivity contribution in [3.63, 3.8) is 0 Å². The highest BCUT2D eigenvalue weighted by Gasteiger charge is 2.23. The maximum Gasteiger partial charge on any atom is 0.145 e. The van der Waals surface area contributed by atoms with Crippen LogP contribution >= 0.6 is 0 Å². The van der Waals surface area contributed by atoms with Crippen LogP contribution in [-0.4, -0.2) is 10.4 Å². The molecule has 6 aromatic carbocycles. The zero-order valence-electron chi connectivity index (χ0n) is 35.5. The molecule has 0 spiro atoms. The fourth-order valence-corrected chi connectivity index (χ4v) is 8.40. The van der Waals surface area contributed by atoms with E-state index in [1.807, 2.05) is 79.7 Å². The number of aromatic nitrogens is 1. The molecule has 0 aliphatic heterocycles. The molecule has 0 radical (unpaired) electrons. The van der Waals surface area contributed by atoms with Crippen LogP contribution in [0.1, 0.15) is 31.4 Å². The Hall–Kier alpha value is -8.15. The molecule has 0 saturated carbocycles. The lowest BCUT2D eigenvalue weighted by atomic mass is 9.97. The number of hydrogen-bond donors (Lipinski definition) is 1. The Balaban J connectivity index is 1.27. The van der Waals surface area contributed by atoms with Gasteiger partial charge in [0.05, 0.1) is 27.8 Å². The van der Waals surface area contributed by atoms with Gasteiger partial charge in [-0.2, -0.15) is 0 Å². The molecule has 0 aliphatic rings. The van der Waals surface area contributed by atoms with Gasteiger partial charge in [0.1, 0.15) is 28.2 Å². The van der Waals surface area contributed by atoms with E-state index in [1.165, 1.54) is 0 Å². The summed E-state index contributed by atoms with van der Waals surface area (Å²) in [4.78, 5) is 5.03. The molecule has 0 fully saturated rings. The number of benzene rings is 6. The lowest BCUT2D eigenvalue weighted by Gasteiger charge is -2.19. The van der Waals surface area contributed by atoms with Gasteiger partial charge in [-0.3, -0.25) is 0 Å². The van der Waals surface area contributed by atoms with Gasteiger partial charge in [-0.25, -0.2) is 4.99 Å². The molecule has 9 aromatic rings. The molecular formula is C58H47N3O2. The van der Waals surface area contributed by atoms with Gasteiger partial charge in [0.15, 0.2) is 0 Å². The van der Waals surface area contributed by atoms with Gasteiger partial charge in [0.2, 0.25) is 0 Å². The highest BCUT2D eigenvalue weighted by molar-refractivity contribution is 6.26. The minimum Gasteiger partial charge on any atom is -0.456 e. The Bertz CT molecular complexity index is 3480. The van der Waals surface area contributed by atoms with E-state index in [9.17, 15) is 0 Å². The number of rotatable bonds is 13. The Morgan fingerprint density at radius 3 is 2.10 bits per heavy atom. The van der Waals surface area contributed by atoms with Crippen LogP contribution in [0.15, 0.2) is 238 Å². The van der Waals surface area contributed by atoms with Crippen LogP contribution in [0.25, 0.3) is 82.7 Å². The lowest BCUT2D eigenvalue weighted by molar-refractivity contribution is 0.658. The molecule has 9 rings (SSSR count). The zero-order valence-corrected chi connectivity index (χ0v) is 35.5. The third-order valence-corrected chi connectivity index (χ3v) is 11.5. The molecule has 0 aliphatic carbocycles. The second kappa shape index (κ2) is 17.4. The first-order chi connectivity index (χ1) is 30.9. The SMILES string of the molecule is C=C/C=C(\C=C)C/C=C(\N=C(/N)C(=C)\C=C(/C(=C/C(/C=C\C)=C/C)n1c2ccccc2c2c3oc4cc5oc6ccccc6c5cc4c3ccc21)c1ccccc1)c1ccccc1. The van der Waals surface area contributed by atoms with E-state index < -0.39 is 0 Å². The van der Waals surface area contributed by atoms with E-state index in [0.717, 1.165) is 105 Å². The van der Waals surface area contributed by atoms with Gasteiger partial charge in [-0.05, 0) is 85.0 Å². The zero-order chi connectivity index (χ0) is 43.5. The van der Waals surface area contributed by atoms with Crippen molar-refractivity contribution in [2.45, 2.75) is 20.3 Å². The van der Waals surface area contributed by atoms with Crippen molar-refractivity contribution in [2.75, 3.05) is 0 Å². The Kier molecular flexibility index (Phi) is 11.2. The maximum atomic E-state index is 6.96. The minimum atomic E-state index is 0.301. The number of hydrogen-bond acceptors (Lipinski definition) is 3. The van der Waals surface area contributed by atoms with Gasteiger partial charge < -0.3 is 19.1 Å². The van der Waals surface area contributed by atoms with Crippen molar-refractivity contribution in [1.29, 1.82) is 0 Å². The van der Waals surface area contributed by atoms with Gasteiger partial charge in [0, 0.05) is 44.1 Å². The van der Waals surface area contributed by atoms with Crippen molar-refractivity contribution in [3.8, 4) is 0 Å². The summed E-state index contributed by atoms with van der Waals surface area (Å²) in [6.45, 7) is 16.5. The van der Waals surface area contributed by atoms with Crippen molar-refractivity contribution in [1.82, 2.24) is 4.57 Å². The number of fused-ring (bicyclic) bond motifs is 10. The summed E-state index contributed by atoms with van der Waals surface area (Å²) < 4.78 is 15.5. The summed E-state index contributed by atoms with van der Waals surface area (Å²) in [7, 11) is 0. The molecular weight excluding hydrogens is 771 g/mol. The third kappa shape index (κ3) is 7.62. The maximum absolute atomic E-state index is 6.96. The fraction of sp³-hybridized carbons (Fsp3) is 0.0517. The van der Waals surface area contributed by atoms with E-state index in [1.54, 1.807) is 6.08 Å². The first kappa shape index (κ1) is 40.3. The predicted molar refractivity (Wildman–Crippen MR) is 270 cm³/mol. The molecule has 3 aromatic heterocycles. The van der Waals surface area contributed by atoms with Gasteiger partial charge in [-0.15, -0.1) is 0 Å². The number of nitrogens with zero attached hydrogens (tertiary/aromatic N) is 2. The summed E-state index contributed by atoms with van der Waals surface area (Å²) >= 11 is 0. The summed E-state index contributed by atoms with van der Waals surface area (Å²) in [5, 5.41) is 6.32. The number of nitrogens with two attached hydrogens (primary N) is 1. The molecule has 306 valence electrons. The molecule has 63 heavy (non-hydrogen) atoms. The van der Waals surface area contributed by atoms with Crippen molar-refractivity contribution in [3.05, 3.63) is 236 Å². The second-order valence-corrected chi connectivity index (χ2v) is 15.3. The average Bonchev–Trinajstić information content (AvgIpc) is 3.99. The largest absolute Gasteiger partial charge is 0.456 e. The molecule has 5 heteroatoms. The molecule has 0 unspecified atom stereocenters. The normalized spacial score (nSPS) is 13.7. The van der Waals surface area contributed by atoms with Crippen LogP contribution in [0.4, 0.5) is 0 Å². The van der Waals surface area contributed by atoms with E-state index in [0.29, 0.717) is 17.8 Å².